The average Bonchev–Trinajstić information content (AvgIpc) is 2.66. The lowest BCUT2D eigenvalue weighted by Crippen LogP contribution is -1.81. The molecule has 0 saturated carbocycles. The summed E-state index contributed by atoms with van der Waals surface area (Å²) in [4.78, 5) is 4.45. The van der Waals surface area contributed by atoms with Crippen LogP contribution in [0.2, 0.25) is 0 Å². The number of fused-ring (bicyclic) bond motifs is 3. The highest BCUT2D eigenvalue weighted by molar-refractivity contribution is 6.02. The minimum Gasteiger partial charge on any atom is -0.454 e. The summed E-state index contributed by atoms with van der Waals surface area (Å²) < 4.78 is 5.73. The van der Waals surface area contributed by atoms with Gasteiger partial charge in [0.1, 0.15) is 11.1 Å². The Balaban J connectivity index is 2.43. The van der Waals surface area contributed by atoms with E-state index in [-0.39, 0.29) is 0 Å². The van der Waals surface area contributed by atoms with Gasteiger partial charge in [-0.2, -0.15) is 0 Å². The lowest BCUT2D eigenvalue weighted by atomic mass is 10.2. The zero-order valence-corrected chi connectivity index (χ0v) is 8.53. The fourth-order valence-corrected chi connectivity index (χ4v) is 1.83. The standard InChI is InChI=1S/C13H11NO/c1-2-9-7-12-13(14-8-9)10-5-3-4-6-11(10)15-12/h3-8H,2H2,1H3. The first kappa shape index (κ1) is 8.48. The lowest BCUT2D eigenvalue weighted by molar-refractivity contribution is 0.667. The molecule has 2 nitrogen and oxygen atoms in total. The van der Waals surface area contributed by atoms with Crippen LogP contribution in [0.5, 0.6) is 0 Å². The van der Waals surface area contributed by atoms with Crippen molar-refractivity contribution in [1.29, 1.82) is 0 Å². The van der Waals surface area contributed by atoms with Crippen LogP contribution in [-0.2, 0) is 6.42 Å². The van der Waals surface area contributed by atoms with Crippen LogP contribution < -0.4 is 0 Å². The van der Waals surface area contributed by atoms with Crippen LogP contribution in [0.4, 0.5) is 0 Å². The Hall–Kier alpha value is -1.83. The van der Waals surface area contributed by atoms with Crippen molar-refractivity contribution >= 4 is 22.1 Å². The number of para-hydroxylation sites is 1. The van der Waals surface area contributed by atoms with Crippen molar-refractivity contribution in [1.82, 2.24) is 4.98 Å². The van der Waals surface area contributed by atoms with Crippen molar-refractivity contribution in [2.75, 3.05) is 0 Å². The highest BCUT2D eigenvalue weighted by Crippen LogP contribution is 2.27. The first-order valence-corrected chi connectivity index (χ1v) is 5.14. The van der Waals surface area contributed by atoms with Crippen molar-refractivity contribution in [3.63, 3.8) is 0 Å². The van der Waals surface area contributed by atoms with Crippen molar-refractivity contribution in [2.45, 2.75) is 13.3 Å². The zero-order chi connectivity index (χ0) is 10.3. The first-order chi connectivity index (χ1) is 7.38. The lowest BCUT2D eigenvalue weighted by Gasteiger charge is -1.93. The van der Waals surface area contributed by atoms with Gasteiger partial charge in [0.05, 0.1) is 0 Å². The Morgan fingerprint density at radius 3 is 2.93 bits per heavy atom. The number of furan rings is 1. The van der Waals surface area contributed by atoms with Crippen LogP contribution in [0.1, 0.15) is 12.5 Å². The van der Waals surface area contributed by atoms with Crippen LogP contribution in [0.15, 0.2) is 40.9 Å². The van der Waals surface area contributed by atoms with Crippen LogP contribution in [0, 0.1) is 0 Å². The molecule has 0 amide bonds. The second kappa shape index (κ2) is 3.09. The number of hydrogen-bond donors (Lipinski definition) is 0. The van der Waals surface area contributed by atoms with E-state index in [1.54, 1.807) is 0 Å². The maximum Gasteiger partial charge on any atom is 0.154 e. The van der Waals surface area contributed by atoms with Crippen molar-refractivity contribution in [2.24, 2.45) is 0 Å². The Labute approximate surface area is 87.5 Å². The molecule has 0 aliphatic heterocycles. The minimum absolute atomic E-state index is 0.885. The summed E-state index contributed by atoms with van der Waals surface area (Å²) in [5.74, 6) is 0. The molecule has 0 N–H and O–H groups in total. The molecular weight excluding hydrogens is 186 g/mol. The molecular formula is C13H11NO. The molecule has 2 heterocycles. The monoisotopic (exact) mass is 197 g/mol. The molecule has 0 atom stereocenters. The van der Waals surface area contributed by atoms with Gasteiger partial charge in [-0.15, -0.1) is 0 Å². The number of aromatic nitrogens is 1. The van der Waals surface area contributed by atoms with Gasteiger partial charge in [-0.3, -0.25) is 4.98 Å². The van der Waals surface area contributed by atoms with E-state index in [9.17, 15) is 0 Å². The van der Waals surface area contributed by atoms with Gasteiger partial charge in [0.15, 0.2) is 5.58 Å². The van der Waals surface area contributed by atoms with Crippen molar-refractivity contribution < 1.29 is 4.42 Å². The Bertz CT molecular complexity index is 625. The molecule has 0 aliphatic carbocycles. The molecule has 0 radical (unpaired) electrons. The van der Waals surface area contributed by atoms with Crippen LogP contribution in [-0.4, -0.2) is 4.98 Å². The Kier molecular flexibility index (Phi) is 1.75. The van der Waals surface area contributed by atoms with Crippen LogP contribution in [0.25, 0.3) is 22.1 Å². The smallest absolute Gasteiger partial charge is 0.154 e. The largest absolute Gasteiger partial charge is 0.454 e. The van der Waals surface area contributed by atoms with Gasteiger partial charge in [-0.05, 0) is 30.2 Å². The molecule has 0 spiro atoms. The van der Waals surface area contributed by atoms with Gasteiger partial charge in [0.2, 0.25) is 0 Å². The maximum atomic E-state index is 5.73. The van der Waals surface area contributed by atoms with E-state index >= 15 is 0 Å². The summed E-state index contributed by atoms with van der Waals surface area (Å²) in [6.07, 6.45) is 2.91. The fraction of sp³-hybridized carbons (Fsp3) is 0.154. The second-order valence-corrected chi connectivity index (χ2v) is 3.64. The maximum absolute atomic E-state index is 5.73. The number of hydrogen-bond acceptors (Lipinski definition) is 2. The van der Waals surface area contributed by atoms with Crippen LogP contribution in [0.3, 0.4) is 0 Å². The third kappa shape index (κ3) is 1.22. The topological polar surface area (TPSA) is 26.0 Å². The molecule has 1 aromatic carbocycles. The summed E-state index contributed by atoms with van der Waals surface area (Å²) in [5, 5.41) is 1.09. The van der Waals surface area contributed by atoms with Gasteiger partial charge in [0, 0.05) is 11.6 Å². The van der Waals surface area contributed by atoms with Crippen molar-refractivity contribution in [3.05, 3.63) is 42.1 Å². The molecule has 74 valence electrons. The van der Waals surface area contributed by atoms with Gasteiger partial charge >= 0.3 is 0 Å². The summed E-state index contributed by atoms with van der Waals surface area (Å²) in [7, 11) is 0. The second-order valence-electron chi connectivity index (χ2n) is 3.64. The summed E-state index contributed by atoms with van der Waals surface area (Å²) >= 11 is 0. The van der Waals surface area contributed by atoms with E-state index in [2.05, 4.69) is 18.0 Å². The molecule has 0 unspecified atom stereocenters. The number of pyridine rings is 1. The predicted molar refractivity (Wildman–Crippen MR) is 60.9 cm³/mol. The fourth-order valence-electron chi connectivity index (χ4n) is 1.83. The molecule has 0 aliphatic rings. The molecule has 0 bridgehead atoms. The van der Waals surface area contributed by atoms with E-state index in [4.69, 9.17) is 4.42 Å². The van der Waals surface area contributed by atoms with Gasteiger partial charge in [-0.25, -0.2) is 0 Å². The molecule has 2 aromatic heterocycles. The molecule has 2 heteroatoms. The SMILES string of the molecule is CCc1cnc2c(c1)oc1ccccc12. The number of rotatable bonds is 1. The van der Waals surface area contributed by atoms with Gasteiger partial charge in [-0.1, -0.05) is 19.1 Å². The van der Waals surface area contributed by atoms with E-state index in [0.29, 0.717) is 0 Å². The third-order valence-corrected chi connectivity index (χ3v) is 2.68. The average molecular weight is 197 g/mol. The Morgan fingerprint density at radius 1 is 1.20 bits per heavy atom. The highest BCUT2D eigenvalue weighted by Gasteiger charge is 2.06. The van der Waals surface area contributed by atoms with E-state index in [1.807, 2.05) is 30.5 Å². The van der Waals surface area contributed by atoms with E-state index in [1.165, 1.54) is 5.56 Å². The van der Waals surface area contributed by atoms with Gasteiger partial charge < -0.3 is 4.42 Å². The third-order valence-electron chi connectivity index (χ3n) is 2.68. The first-order valence-electron chi connectivity index (χ1n) is 5.14. The molecule has 3 aromatic rings. The normalized spacial score (nSPS) is 11.3. The predicted octanol–water partition coefficient (Wildman–Crippen LogP) is 3.54. The molecule has 3 rings (SSSR count). The number of aryl methyl sites for hydroxylation is 1. The summed E-state index contributed by atoms with van der Waals surface area (Å²) in [6, 6.07) is 10.1. The summed E-state index contributed by atoms with van der Waals surface area (Å²) in [6.45, 7) is 2.12. The Morgan fingerprint density at radius 2 is 2.07 bits per heavy atom. The molecule has 15 heavy (non-hydrogen) atoms. The molecule has 0 fully saturated rings. The van der Waals surface area contributed by atoms with Crippen LogP contribution >= 0.6 is 0 Å². The van der Waals surface area contributed by atoms with Gasteiger partial charge in [0.25, 0.3) is 0 Å². The quantitative estimate of drug-likeness (QED) is 0.596. The highest BCUT2D eigenvalue weighted by atomic mass is 16.3. The zero-order valence-electron chi connectivity index (χ0n) is 8.53. The van der Waals surface area contributed by atoms with Crippen molar-refractivity contribution in [3.8, 4) is 0 Å². The number of nitrogens with zero attached hydrogens (tertiary/aromatic N) is 1. The number of benzene rings is 1. The molecule has 0 saturated heterocycles. The van der Waals surface area contributed by atoms with E-state index in [0.717, 1.165) is 28.5 Å². The van der Waals surface area contributed by atoms with E-state index < -0.39 is 0 Å². The minimum atomic E-state index is 0.885. The summed E-state index contributed by atoms with van der Waals surface area (Å²) in [5.41, 5.74) is 3.97.